The van der Waals surface area contributed by atoms with Crippen LogP contribution in [0.2, 0.25) is 0 Å². The van der Waals surface area contributed by atoms with Crippen LogP contribution >= 0.6 is 0 Å². The largest absolute Gasteiger partial charge is 0.394 e. The molecule has 82 valence electrons. The Morgan fingerprint density at radius 1 is 1.57 bits per heavy atom. The molecular formula is C10H19NO3. The Morgan fingerprint density at radius 3 is 3.00 bits per heavy atom. The molecular weight excluding hydrogens is 182 g/mol. The van der Waals surface area contributed by atoms with E-state index in [0.29, 0.717) is 6.61 Å². The second kappa shape index (κ2) is 5.98. The normalized spacial score (nSPS) is 22.4. The van der Waals surface area contributed by atoms with Gasteiger partial charge in [0.25, 0.3) is 0 Å². The molecule has 1 saturated heterocycles. The van der Waals surface area contributed by atoms with Gasteiger partial charge in [-0.05, 0) is 26.2 Å². The van der Waals surface area contributed by atoms with Crippen molar-refractivity contribution in [2.24, 2.45) is 0 Å². The van der Waals surface area contributed by atoms with E-state index in [9.17, 15) is 4.79 Å². The molecule has 1 atom stereocenters. The molecule has 1 aliphatic heterocycles. The number of carbonyl (C=O) groups excluding carboxylic acids is 1. The van der Waals surface area contributed by atoms with E-state index in [-0.39, 0.29) is 25.2 Å². The lowest BCUT2D eigenvalue weighted by Crippen LogP contribution is -2.47. The van der Waals surface area contributed by atoms with Crippen LogP contribution in [-0.2, 0) is 9.53 Å². The van der Waals surface area contributed by atoms with Gasteiger partial charge in [0.1, 0.15) is 6.61 Å². The number of aliphatic hydroxyl groups is 1. The van der Waals surface area contributed by atoms with Gasteiger partial charge in [0.15, 0.2) is 0 Å². The summed E-state index contributed by atoms with van der Waals surface area (Å²) in [5.41, 5.74) is 0. The molecule has 0 aromatic rings. The fraction of sp³-hybridized carbons (Fsp3) is 0.900. The molecule has 0 aromatic carbocycles. The summed E-state index contributed by atoms with van der Waals surface area (Å²) >= 11 is 0. The molecule has 0 bridgehead atoms. The summed E-state index contributed by atoms with van der Waals surface area (Å²) in [6.45, 7) is 3.40. The van der Waals surface area contributed by atoms with Gasteiger partial charge in [-0.25, -0.2) is 0 Å². The van der Waals surface area contributed by atoms with E-state index in [1.165, 1.54) is 0 Å². The highest BCUT2D eigenvalue weighted by Gasteiger charge is 2.25. The van der Waals surface area contributed by atoms with E-state index < -0.39 is 0 Å². The first-order valence-corrected chi connectivity index (χ1v) is 5.27. The number of rotatable bonds is 4. The second-order valence-corrected chi connectivity index (χ2v) is 3.56. The van der Waals surface area contributed by atoms with Crippen LogP contribution in [0.5, 0.6) is 0 Å². The van der Waals surface area contributed by atoms with Crippen LogP contribution in [0.1, 0.15) is 26.2 Å². The summed E-state index contributed by atoms with van der Waals surface area (Å²) in [6, 6.07) is 0.0108. The average molecular weight is 201 g/mol. The van der Waals surface area contributed by atoms with Gasteiger partial charge >= 0.3 is 0 Å². The zero-order valence-corrected chi connectivity index (χ0v) is 8.74. The number of carbonyl (C=O) groups is 1. The SMILES string of the molecule is CCOCC(=O)N1CCCCC1CO. The van der Waals surface area contributed by atoms with E-state index in [1.54, 1.807) is 4.90 Å². The molecule has 1 rings (SSSR count). The van der Waals surface area contributed by atoms with Gasteiger partial charge in [0.05, 0.1) is 12.6 Å². The van der Waals surface area contributed by atoms with Gasteiger partial charge in [0, 0.05) is 13.2 Å². The van der Waals surface area contributed by atoms with Crippen molar-refractivity contribution in [3.8, 4) is 0 Å². The lowest BCUT2D eigenvalue weighted by Gasteiger charge is -2.34. The fourth-order valence-corrected chi connectivity index (χ4v) is 1.79. The lowest BCUT2D eigenvalue weighted by atomic mass is 10.0. The van der Waals surface area contributed by atoms with E-state index in [1.807, 2.05) is 6.92 Å². The first-order chi connectivity index (χ1) is 6.79. The maximum Gasteiger partial charge on any atom is 0.248 e. The Kier molecular flexibility index (Phi) is 4.90. The summed E-state index contributed by atoms with van der Waals surface area (Å²) in [5, 5.41) is 9.10. The summed E-state index contributed by atoms with van der Waals surface area (Å²) in [6.07, 6.45) is 3.05. The van der Waals surface area contributed by atoms with Crippen LogP contribution in [-0.4, -0.2) is 48.3 Å². The molecule has 1 unspecified atom stereocenters. The number of nitrogens with zero attached hydrogens (tertiary/aromatic N) is 1. The second-order valence-electron chi connectivity index (χ2n) is 3.56. The number of hydrogen-bond acceptors (Lipinski definition) is 3. The van der Waals surface area contributed by atoms with Crippen molar-refractivity contribution in [2.45, 2.75) is 32.2 Å². The van der Waals surface area contributed by atoms with Crippen molar-refractivity contribution in [3.63, 3.8) is 0 Å². The van der Waals surface area contributed by atoms with Gasteiger partial charge < -0.3 is 14.7 Å². The smallest absolute Gasteiger partial charge is 0.248 e. The third-order valence-electron chi connectivity index (χ3n) is 2.59. The van der Waals surface area contributed by atoms with Crippen molar-refractivity contribution >= 4 is 5.91 Å². The van der Waals surface area contributed by atoms with Crippen molar-refractivity contribution in [3.05, 3.63) is 0 Å². The third kappa shape index (κ3) is 2.96. The van der Waals surface area contributed by atoms with Gasteiger partial charge in [0.2, 0.25) is 5.91 Å². The topological polar surface area (TPSA) is 49.8 Å². The molecule has 1 heterocycles. The number of amides is 1. The highest BCUT2D eigenvalue weighted by Crippen LogP contribution is 2.16. The standard InChI is InChI=1S/C10H19NO3/c1-2-14-8-10(13)11-6-4-3-5-9(11)7-12/h9,12H,2-8H2,1H3. The highest BCUT2D eigenvalue weighted by atomic mass is 16.5. The molecule has 4 nitrogen and oxygen atoms in total. The molecule has 0 aliphatic carbocycles. The molecule has 1 N–H and O–H groups in total. The molecule has 14 heavy (non-hydrogen) atoms. The Hall–Kier alpha value is -0.610. The van der Waals surface area contributed by atoms with Crippen LogP contribution in [0.25, 0.3) is 0 Å². The number of hydrogen-bond donors (Lipinski definition) is 1. The molecule has 4 heteroatoms. The average Bonchev–Trinajstić information content (AvgIpc) is 2.25. The summed E-state index contributed by atoms with van der Waals surface area (Å²) < 4.78 is 5.07. The molecule has 0 spiro atoms. The predicted octanol–water partition coefficient (Wildman–Crippen LogP) is 0.396. The van der Waals surface area contributed by atoms with Crippen molar-refractivity contribution in [1.29, 1.82) is 0 Å². The molecule has 0 aromatic heterocycles. The molecule has 1 amide bonds. The highest BCUT2D eigenvalue weighted by molar-refractivity contribution is 5.77. The van der Waals surface area contributed by atoms with E-state index in [0.717, 1.165) is 25.8 Å². The maximum absolute atomic E-state index is 11.6. The molecule has 0 radical (unpaired) electrons. The Labute approximate surface area is 84.8 Å². The minimum atomic E-state index is 0.00519. The molecule has 1 fully saturated rings. The Balaban J connectivity index is 2.41. The number of aliphatic hydroxyl groups excluding tert-OH is 1. The first kappa shape index (κ1) is 11.5. The molecule has 1 aliphatic rings. The van der Waals surface area contributed by atoms with Crippen LogP contribution < -0.4 is 0 Å². The van der Waals surface area contributed by atoms with Gasteiger partial charge in [-0.1, -0.05) is 0 Å². The molecule has 0 saturated carbocycles. The van der Waals surface area contributed by atoms with Crippen LogP contribution in [0, 0.1) is 0 Å². The number of piperidine rings is 1. The number of ether oxygens (including phenoxy) is 1. The predicted molar refractivity (Wildman–Crippen MR) is 52.9 cm³/mol. The van der Waals surface area contributed by atoms with E-state index in [4.69, 9.17) is 9.84 Å². The number of likely N-dealkylation sites (tertiary alicyclic amines) is 1. The zero-order chi connectivity index (χ0) is 10.4. The van der Waals surface area contributed by atoms with Crippen molar-refractivity contribution in [1.82, 2.24) is 4.90 Å². The Bertz CT molecular complexity index is 184. The van der Waals surface area contributed by atoms with E-state index in [2.05, 4.69) is 0 Å². The van der Waals surface area contributed by atoms with Crippen molar-refractivity contribution < 1.29 is 14.6 Å². The van der Waals surface area contributed by atoms with Crippen LogP contribution in [0.4, 0.5) is 0 Å². The first-order valence-electron chi connectivity index (χ1n) is 5.27. The zero-order valence-electron chi connectivity index (χ0n) is 8.74. The summed E-state index contributed by atoms with van der Waals surface area (Å²) in [4.78, 5) is 13.4. The van der Waals surface area contributed by atoms with Crippen molar-refractivity contribution in [2.75, 3.05) is 26.4 Å². The van der Waals surface area contributed by atoms with Gasteiger partial charge in [-0.3, -0.25) is 4.79 Å². The maximum atomic E-state index is 11.6. The summed E-state index contributed by atoms with van der Waals surface area (Å²) in [7, 11) is 0. The monoisotopic (exact) mass is 201 g/mol. The lowest BCUT2D eigenvalue weighted by molar-refractivity contribution is -0.140. The van der Waals surface area contributed by atoms with Gasteiger partial charge in [-0.2, -0.15) is 0 Å². The third-order valence-corrected chi connectivity index (χ3v) is 2.59. The van der Waals surface area contributed by atoms with Crippen LogP contribution in [0.15, 0.2) is 0 Å². The minimum absolute atomic E-state index is 0.00519. The Morgan fingerprint density at radius 2 is 2.36 bits per heavy atom. The quantitative estimate of drug-likeness (QED) is 0.716. The van der Waals surface area contributed by atoms with Gasteiger partial charge in [-0.15, -0.1) is 0 Å². The minimum Gasteiger partial charge on any atom is -0.394 e. The van der Waals surface area contributed by atoms with Crippen LogP contribution in [0.3, 0.4) is 0 Å². The fourth-order valence-electron chi connectivity index (χ4n) is 1.79. The summed E-state index contributed by atoms with van der Waals surface area (Å²) in [5.74, 6) is 0.00519. The van der Waals surface area contributed by atoms with E-state index >= 15 is 0 Å².